The van der Waals surface area contributed by atoms with Crippen LogP contribution in [0.4, 0.5) is 11.4 Å². The molecule has 0 aliphatic carbocycles. The first kappa shape index (κ1) is 13.1. The van der Waals surface area contributed by atoms with Crippen LogP contribution in [0.3, 0.4) is 0 Å². The maximum atomic E-state index is 11.4. The summed E-state index contributed by atoms with van der Waals surface area (Å²) < 4.78 is 5.77. The zero-order valence-corrected chi connectivity index (χ0v) is 12.3. The quantitative estimate of drug-likeness (QED) is 0.252. The molecule has 0 aliphatic rings. The third kappa shape index (κ3) is 2.56. The van der Waals surface area contributed by atoms with Crippen molar-refractivity contribution in [2.75, 3.05) is 10.8 Å². The van der Waals surface area contributed by atoms with Gasteiger partial charge in [-0.15, -0.1) is 0 Å². The monoisotopic (exact) mass is 376 g/mol. The number of hydrogen-bond donors (Lipinski definition) is 3. The molecule has 4 N–H and O–H groups in total. The van der Waals surface area contributed by atoms with Gasteiger partial charge in [-0.1, -0.05) is 0 Å². The minimum absolute atomic E-state index is 0.0261. The Bertz CT molecular complexity index is 637. The van der Waals surface area contributed by atoms with Crippen LogP contribution in [-0.2, 0) is 0 Å². The Morgan fingerprint density at radius 2 is 2.33 bits per heavy atom. The van der Waals surface area contributed by atoms with Crippen LogP contribution in [0.25, 0.3) is 0 Å². The summed E-state index contributed by atoms with van der Waals surface area (Å²) in [5.41, 5.74) is 7.57. The SMILES string of the molecule is N=C(c1cc(N)ccc1NPI)n1ccoc1=O. The molecular formula is C10H10IN4O2P. The first-order chi connectivity index (χ1) is 8.63. The van der Waals surface area contributed by atoms with E-state index in [4.69, 9.17) is 11.1 Å². The Kier molecular flexibility index (Phi) is 4.03. The van der Waals surface area contributed by atoms with Crippen molar-refractivity contribution in [2.24, 2.45) is 0 Å². The number of anilines is 2. The Hall–Kier alpha value is -1.34. The van der Waals surface area contributed by atoms with Crippen molar-refractivity contribution in [3.05, 3.63) is 46.8 Å². The number of hydrogen-bond acceptors (Lipinski definition) is 5. The van der Waals surface area contributed by atoms with Crippen molar-refractivity contribution in [1.82, 2.24) is 4.57 Å². The number of nitrogens with two attached hydrogens (primary N) is 1. The Balaban J connectivity index is 2.50. The molecule has 0 bridgehead atoms. The summed E-state index contributed by atoms with van der Waals surface area (Å²) in [5, 5.41) is 11.2. The summed E-state index contributed by atoms with van der Waals surface area (Å²) >= 11 is 2.19. The third-order valence-corrected chi connectivity index (χ3v) is 3.47. The van der Waals surface area contributed by atoms with Crippen LogP contribution in [0.2, 0.25) is 0 Å². The number of nitrogens with one attached hydrogen (secondary N) is 2. The van der Waals surface area contributed by atoms with Crippen LogP contribution in [-0.4, -0.2) is 10.4 Å². The van der Waals surface area contributed by atoms with E-state index in [0.29, 0.717) is 17.6 Å². The maximum absolute atomic E-state index is 11.4. The second-order valence-corrected chi connectivity index (χ2v) is 5.47. The Labute approximate surface area is 117 Å². The van der Waals surface area contributed by atoms with Gasteiger partial charge in [-0.25, -0.2) is 9.36 Å². The van der Waals surface area contributed by atoms with Gasteiger partial charge in [0.2, 0.25) is 0 Å². The zero-order valence-electron chi connectivity index (χ0n) is 9.11. The fraction of sp³-hybridized carbons (Fsp3) is 0. The highest BCUT2D eigenvalue weighted by molar-refractivity contribution is 14.2. The third-order valence-electron chi connectivity index (χ3n) is 2.30. The van der Waals surface area contributed by atoms with E-state index in [9.17, 15) is 4.79 Å². The van der Waals surface area contributed by atoms with Crippen molar-refractivity contribution in [1.29, 1.82) is 5.41 Å². The number of aromatic nitrogens is 1. The van der Waals surface area contributed by atoms with E-state index >= 15 is 0 Å². The lowest BCUT2D eigenvalue weighted by Crippen LogP contribution is -2.23. The molecule has 94 valence electrons. The van der Waals surface area contributed by atoms with Crippen molar-refractivity contribution in [2.45, 2.75) is 0 Å². The lowest BCUT2D eigenvalue weighted by Gasteiger charge is -2.11. The molecular weight excluding hydrogens is 366 g/mol. The van der Waals surface area contributed by atoms with Gasteiger partial charge in [0.15, 0.2) is 0 Å². The second-order valence-electron chi connectivity index (χ2n) is 3.41. The van der Waals surface area contributed by atoms with E-state index < -0.39 is 5.76 Å². The predicted octanol–water partition coefficient (Wildman–Crippen LogP) is 2.25. The molecule has 1 aromatic carbocycles. The number of nitrogens with zero attached hydrogens (tertiary/aromatic N) is 1. The summed E-state index contributed by atoms with van der Waals surface area (Å²) in [7, 11) is 0. The number of nitrogen functional groups attached to an aromatic ring is 1. The average molecular weight is 376 g/mol. The number of rotatable bonds is 3. The molecule has 1 atom stereocenters. The van der Waals surface area contributed by atoms with Crippen LogP contribution < -0.4 is 16.6 Å². The molecule has 1 heterocycles. The van der Waals surface area contributed by atoms with Gasteiger partial charge in [0, 0.05) is 23.3 Å². The largest absolute Gasteiger partial charge is 0.424 e. The summed E-state index contributed by atoms with van der Waals surface area (Å²) in [6.07, 6.45) is 3.11. The fourth-order valence-corrected chi connectivity index (χ4v) is 2.67. The van der Waals surface area contributed by atoms with Crippen LogP contribution in [0, 0.1) is 5.41 Å². The summed E-state index contributed by atoms with van der Waals surface area (Å²) in [6.45, 7) is 0. The Morgan fingerprint density at radius 1 is 1.56 bits per heavy atom. The molecule has 18 heavy (non-hydrogen) atoms. The van der Waals surface area contributed by atoms with Crippen LogP contribution in [0.1, 0.15) is 5.56 Å². The number of benzene rings is 1. The smallest absolute Gasteiger partial charge is 0.416 e. The standard InChI is InChI=1S/C10H10IN4O2P/c11-18-14-8-2-1-6(12)5-7(8)9(13)15-3-4-17-10(15)16/h1-5,13-14,18H,12H2. The van der Waals surface area contributed by atoms with Crippen molar-refractivity contribution >= 4 is 45.6 Å². The maximum Gasteiger partial charge on any atom is 0.424 e. The van der Waals surface area contributed by atoms with E-state index in [1.54, 1.807) is 18.2 Å². The highest BCUT2D eigenvalue weighted by Gasteiger charge is 2.12. The first-order valence-corrected chi connectivity index (χ1v) is 9.01. The molecule has 6 nitrogen and oxygen atoms in total. The zero-order chi connectivity index (χ0) is 13.1. The molecule has 0 aliphatic heterocycles. The highest BCUT2D eigenvalue weighted by Crippen LogP contribution is 2.28. The topological polar surface area (TPSA) is 97.0 Å². The lowest BCUT2D eigenvalue weighted by atomic mass is 10.1. The molecule has 0 saturated carbocycles. The molecule has 2 aromatic rings. The molecule has 1 unspecified atom stereocenters. The summed E-state index contributed by atoms with van der Waals surface area (Å²) in [5.74, 6) is -0.566. The normalized spacial score (nSPS) is 10.9. The fourth-order valence-electron chi connectivity index (χ4n) is 1.48. The van der Waals surface area contributed by atoms with Gasteiger partial charge in [-0.05, 0) is 40.2 Å². The number of halogens is 1. The average Bonchev–Trinajstić information content (AvgIpc) is 2.77. The molecule has 0 amide bonds. The van der Waals surface area contributed by atoms with Gasteiger partial charge in [0.25, 0.3) is 0 Å². The molecule has 2 rings (SSSR count). The lowest BCUT2D eigenvalue weighted by molar-refractivity contribution is 0.507. The van der Waals surface area contributed by atoms with E-state index in [0.717, 1.165) is 10.3 Å². The molecule has 0 fully saturated rings. The molecule has 1 aromatic heterocycles. The Morgan fingerprint density at radius 3 is 2.94 bits per heavy atom. The molecule has 0 saturated heterocycles. The van der Waals surface area contributed by atoms with Crippen molar-refractivity contribution in [3.8, 4) is 0 Å². The van der Waals surface area contributed by atoms with Gasteiger partial charge < -0.3 is 15.2 Å². The van der Waals surface area contributed by atoms with Gasteiger partial charge in [0.05, 0.1) is 6.20 Å². The second kappa shape index (κ2) is 5.53. The van der Waals surface area contributed by atoms with Crippen LogP contribution >= 0.6 is 28.4 Å². The molecule has 0 spiro atoms. The first-order valence-electron chi connectivity index (χ1n) is 4.90. The summed E-state index contributed by atoms with van der Waals surface area (Å²) in [4.78, 5) is 11.4. The van der Waals surface area contributed by atoms with Gasteiger partial charge >= 0.3 is 5.76 Å². The van der Waals surface area contributed by atoms with Crippen LogP contribution in [0.5, 0.6) is 0 Å². The van der Waals surface area contributed by atoms with Crippen LogP contribution in [0.15, 0.2) is 39.9 Å². The van der Waals surface area contributed by atoms with Crippen molar-refractivity contribution < 1.29 is 4.42 Å². The van der Waals surface area contributed by atoms with Gasteiger partial charge in [-0.2, -0.15) is 0 Å². The van der Waals surface area contributed by atoms with Gasteiger partial charge in [0.1, 0.15) is 12.1 Å². The predicted molar refractivity (Wildman–Crippen MR) is 82.0 cm³/mol. The van der Waals surface area contributed by atoms with Crippen molar-refractivity contribution in [3.63, 3.8) is 0 Å². The number of oxazole rings is 1. The summed E-state index contributed by atoms with van der Waals surface area (Å²) in [6, 6.07) is 5.19. The van der Waals surface area contributed by atoms with Gasteiger partial charge in [-0.3, -0.25) is 5.41 Å². The van der Waals surface area contributed by atoms with E-state index in [-0.39, 0.29) is 5.84 Å². The molecule has 0 radical (unpaired) electrons. The highest BCUT2D eigenvalue weighted by atomic mass is 127. The van der Waals surface area contributed by atoms with E-state index in [1.165, 1.54) is 12.5 Å². The minimum atomic E-state index is -0.592. The van der Waals surface area contributed by atoms with E-state index in [2.05, 4.69) is 31.5 Å². The van der Waals surface area contributed by atoms with E-state index in [1.807, 2.05) is 0 Å². The minimum Gasteiger partial charge on any atom is -0.416 e. The molecule has 8 heteroatoms.